The number of hydrogen-bond donors (Lipinski definition) is 1. The fraction of sp³-hybridized carbons (Fsp3) is 0.538. The van der Waals surface area contributed by atoms with E-state index in [1.54, 1.807) is 0 Å². The van der Waals surface area contributed by atoms with Crippen molar-refractivity contribution >= 4 is 11.6 Å². The fourth-order valence-corrected chi connectivity index (χ4v) is 1.88. The molecule has 0 spiro atoms. The van der Waals surface area contributed by atoms with Crippen molar-refractivity contribution in [3.05, 3.63) is 34.9 Å². The van der Waals surface area contributed by atoms with E-state index in [4.69, 9.17) is 11.6 Å². The van der Waals surface area contributed by atoms with Gasteiger partial charge in [0.2, 0.25) is 0 Å². The minimum absolute atomic E-state index is 0.354. The first-order valence-electron chi connectivity index (χ1n) is 5.60. The van der Waals surface area contributed by atoms with Crippen molar-refractivity contribution in [1.82, 2.24) is 0 Å². The highest BCUT2D eigenvalue weighted by atomic mass is 35.5. The van der Waals surface area contributed by atoms with Crippen LogP contribution in [0.4, 0.5) is 0 Å². The van der Waals surface area contributed by atoms with Crippen molar-refractivity contribution in [2.75, 3.05) is 0 Å². The lowest BCUT2D eigenvalue weighted by Gasteiger charge is -2.17. The number of benzene rings is 1. The first kappa shape index (κ1) is 12.5. The van der Waals surface area contributed by atoms with E-state index < -0.39 is 0 Å². The zero-order valence-corrected chi connectivity index (χ0v) is 10.2. The molecule has 0 aliphatic heterocycles. The molecule has 1 N–H and O–H groups in total. The highest BCUT2D eigenvalue weighted by Gasteiger charge is 2.12. The molecule has 0 fully saturated rings. The Bertz CT molecular complexity index is 277. The standard InChI is InChI=1S/C13H19ClO/c1-3-10(4-2)9-13(15)11-5-7-12(14)8-6-11/h5-8,10,13,15H,3-4,9H2,1-2H3. The molecule has 1 unspecified atom stereocenters. The van der Waals surface area contributed by atoms with Crippen molar-refractivity contribution in [3.8, 4) is 0 Å². The van der Waals surface area contributed by atoms with Crippen LogP contribution in [-0.2, 0) is 0 Å². The van der Waals surface area contributed by atoms with Crippen LogP contribution in [0.15, 0.2) is 24.3 Å². The summed E-state index contributed by atoms with van der Waals surface area (Å²) in [5.74, 6) is 0.607. The third-order valence-corrected chi connectivity index (χ3v) is 3.22. The van der Waals surface area contributed by atoms with E-state index >= 15 is 0 Å². The predicted octanol–water partition coefficient (Wildman–Crippen LogP) is 4.20. The molecule has 0 aliphatic carbocycles. The number of aliphatic hydroxyl groups is 1. The van der Waals surface area contributed by atoms with E-state index in [2.05, 4.69) is 13.8 Å². The number of halogens is 1. The molecule has 0 radical (unpaired) electrons. The van der Waals surface area contributed by atoms with Gasteiger partial charge >= 0.3 is 0 Å². The molecule has 0 bridgehead atoms. The lowest BCUT2D eigenvalue weighted by molar-refractivity contribution is 0.141. The quantitative estimate of drug-likeness (QED) is 0.798. The Balaban J connectivity index is 2.60. The van der Waals surface area contributed by atoms with Gasteiger partial charge < -0.3 is 5.11 Å². The lowest BCUT2D eigenvalue weighted by Crippen LogP contribution is -2.05. The first-order valence-corrected chi connectivity index (χ1v) is 5.98. The molecule has 1 nitrogen and oxygen atoms in total. The lowest BCUT2D eigenvalue weighted by atomic mass is 9.93. The Morgan fingerprint density at radius 1 is 1.13 bits per heavy atom. The van der Waals surface area contributed by atoms with Crippen LogP contribution in [0.3, 0.4) is 0 Å². The van der Waals surface area contributed by atoms with Gasteiger partial charge in [0, 0.05) is 5.02 Å². The van der Waals surface area contributed by atoms with Crippen LogP contribution in [0.2, 0.25) is 5.02 Å². The van der Waals surface area contributed by atoms with Gasteiger partial charge in [0.05, 0.1) is 6.10 Å². The molecule has 0 aromatic heterocycles. The van der Waals surface area contributed by atoms with E-state index in [0.29, 0.717) is 10.9 Å². The molecule has 0 saturated carbocycles. The fourth-order valence-electron chi connectivity index (χ4n) is 1.76. The molecule has 1 aromatic rings. The molecule has 84 valence electrons. The summed E-state index contributed by atoms with van der Waals surface area (Å²) in [4.78, 5) is 0. The van der Waals surface area contributed by atoms with Crippen LogP contribution in [0.25, 0.3) is 0 Å². The largest absolute Gasteiger partial charge is 0.388 e. The van der Waals surface area contributed by atoms with Crippen LogP contribution < -0.4 is 0 Å². The Morgan fingerprint density at radius 2 is 1.67 bits per heavy atom. The van der Waals surface area contributed by atoms with E-state index in [1.807, 2.05) is 24.3 Å². The molecule has 0 heterocycles. The zero-order valence-electron chi connectivity index (χ0n) is 9.41. The summed E-state index contributed by atoms with van der Waals surface area (Å²) >= 11 is 5.80. The average molecular weight is 227 g/mol. The van der Waals surface area contributed by atoms with E-state index in [1.165, 1.54) is 0 Å². The molecule has 15 heavy (non-hydrogen) atoms. The maximum atomic E-state index is 10.0. The third-order valence-electron chi connectivity index (χ3n) is 2.97. The minimum Gasteiger partial charge on any atom is -0.388 e. The van der Waals surface area contributed by atoms with Crippen molar-refractivity contribution < 1.29 is 5.11 Å². The average Bonchev–Trinajstić information content (AvgIpc) is 2.26. The second-order valence-corrected chi connectivity index (χ2v) is 4.42. The second-order valence-electron chi connectivity index (χ2n) is 3.99. The molecule has 1 aromatic carbocycles. The number of aliphatic hydroxyl groups excluding tert-OH is 1. The summed E-state index contributed by atoms with van der Waals surface area (Å²) in [5, 5.41) is 10.7. The van der Waals surface area contributed by atoms with Crippen LogP contribution >= 0.6 is 11.6 Å². The van der Waals surface area contributed by atoms with Gasteiger partial charge in [0.25, 0.3) is 0 Å². The smallest absolute Gasteiger partial charge is 0.0792 e. The molecule has 0 amide bonds. The van der Waals surface area contributed by atoms with E-state index in [9.17, 15) is 5.11 Å². The normalized spacial score (nSPS) is 13.1. The van der Waals surface area contributed by atoms with Crippen molar-refractivity contribution in [2.45, 2.75) is 39.2 Å². The van der Waals surface area contributed by atoms with Crippen LogP contribution in [0.1, 0.15) is 44.8 Å². The summed E-state index contributed by atoms with van der Waals surface area (Å²) in [7, 11) is 0. The molecule has 0 aliphatic rings. The Kier molecular flexibility index (Phi) is 5.13. The Hall–Kier alpha value is -0.530. The topological polar surface area (TPSA) is 20.2 Å². The van der Waals surface area contributed by atoms with Gasteiger partial charge in [-0.05, 0) is 30.0 Å². The van der Waals surface area contributed by atoms with Crippen LogP contribution in [-0.4, -0.2) is 5.11 Å². The maximum Gasteiger partial charge on any atom is 0.0792 e. The number of rotatable bonds is 5. The molecule has 1 atom stereocenters. The zero-order chi connectivity index (χ0) is 11.3. The van der Waals surface area contributed by atoms with E-state index in [-0.39, 0.29) is 6.10 Å². The molecule has 1 rings (SSSR count). The second kappa shape index (κ2) is 6.14. The molecular weight excluding hydrogens is 208 g/mol. The minimum atomic E-state index is -0.354. The van der Waals surface area contributed by atoms with Crippen LogP contribution in [0.5, 0.6) is 0 Å². The first-order chi connectivity index (χ1) is 7.17. The van der Waals surface area contributed by atoms with Gasteiger partial charge in [-0.1, -0.05) is 50.4 Å². The molecule has 0 saturated heterocycles. The third kappa shape index (κ3) is 3.84. The molecule has 2 heteroatoms. The highest BCUT2D eigenvalue weighted by molar-refractivity contribution is 6.30. The van der Waals surface area contributed by atoms with Crippen LogP contribution in [0, 0.1) is 5.92 Å². The van der Waals surface area contributed by atoms with Gasteiger partial charge in [-0.25, -0.2) is 0 Å². The summed E-state index contributed by atoms with van der Waals surface area (Å²) in [6, 6.07) is 7.45. The summed E-state index contributed by atoms with van der Waals surface area (Å²) in [6.45, 7) is 4.34. The van der Waals surface area contributed by atoms with Gasteiger partial charge in [-0.3, -0.25) is 0 Å². The highest BCUT2D eigenvalue weighted by Crippen LogP contribution is 2.25. The van der Waals surface area contributed by atoms with Gasteiger partial charge in [0.15, 0.2) is 0 Å². The van der Waals surface area contributed by atoms with Gasteiger partial charge in [-0.2, -0.15) is 0 Å². The summed E-state index contributed by atoms with van der Waals surface area (Å²) < 4.78 is 0. The monoisotopic (exact) mass is 226 g/mol. The van der Waals surface area contributed by atoms with E-state index in [0.717, 1.165) is 24.8 Å². The summed E-state index contributed by atoms with van der Waals surface area (Å²) in [6.07, 6.45) is 2.74. The van der Waals surface area contributed by atoms with Crippen molar-refractivity contribution in [3.63, 3.8) is 0 Å². The predicted molar refractivity (Wildman–Crippen MR) is 65.1 cm³/mol. The Labute approximate surface area is 97.1 Å². The SMILES string of the molecule is CCC(CC)CC(O)c1ccc(Cl)cc1. The van der Waals surface area contributed by atoms with Gasteiger partial charge in [0.1, 0.15) is 0 Å². The van der Waals surface area contributed by atoms with Crippen molar-refractivity contribution in [2.24, 2.45) is 5.92 Å². The Morgan fingerprint density at radius 3 is 2.13 bits per heavy atom. The maximum absolute atomic E-state index is 10.0. The molecular formula is C13H19ClO. The van der Waals surface area contributed by atoms with Crippen molar-refractivity contribution in [1.29, 1.82) is 0 Å². The summed E-state index contributed by atoms with van der Waals surface area (Å²) in [5.41, 5.74) is 0.964. The number of hydrogen-bond acceptors (Lipinski definition) is 1. The van der Waals surface area contributed by atoms with Gasteiger partial charge in [-0.15, -0.1) is 0 Å².